The molecule has 30 heavy (non-hydrogen) atoms. The number of thiazole rings is 1. The molecule has 150 valence electrons. The monoisotopic (exact) mass is 422 g/mol. The average molecular weight is 422 g/mol. The Labute approximate surface area is 174 Å². The SMILES string of the molecule is FC(F)Oc1ccccc1Cn1ccc2cnc(Nc3ccc4ncsc4c3)cc21. The highest BCUT2D eigenvalue weighted by atomic mass is 32.1. The lowest BCUT2D eigenvalue weighted by molar-refractivity contribution is -0.0504. The van der Waals surface area contributed by atoms with Crippen LogP contribution in [0.2, 0.25) is 0 Å². The normalized spacial score (nSPS) is 11.4. The van der Waals surface area contributed by atoms with Crippen molar-refractivity contribution in [1.29, 1.82) is 0 Å². The molecule has 5 rings (SSSR count). The van der Waals surface area contributed by atoms with Gasteiger partial charge in [0.1, 0.15) is 11.6 Å². The molecule has 0 aliphatic heterocycles. The second-order valence-electron chi connectivity index (χ2n) is 6.72. The van der Waals surface area contributed by atoms with Crippen LogP contribution in [-0.4, -0.2) is 21.1 Å². The Morgan fingerprint density at radius 2 is 1.97 bits per heavy atom. The number of halogens is 2. The molecule has 0 saturated carbocycles. The molecule has 3 aromatic heterocycles. The summed E-state index contributed by atoms with van der Waals surface area (Å²) >= 11 is 1.58. The van der Waals surface area contributed by atoms with Gasteiger partial charge in [0.25, 0.3) is 0 Å². The number of ether oxygens (including phenoxy) is 1. The van der Waals surface area contributed by atoms with E-state index in [4.69, 9.17) is 0 Å². The van der Waals surface area contributed by atoms with E-state index in [0.717, 1.165) is 26.8 Å². The first-order valence-corrected chi connectivity index (χ1v) is 10.1. The molecule has 0 saturated heterocycles. The van der Waals surface area contributed by atoms with Crippen molar-refractivity contribution in [2.75, 3.05) is 5.32 Å². The molecule has 0 amide bonds. The van der Waals surface area contributed by atoms with Gasteiger partial charge in [-0.3, -0.25) is 0 Å². The van der Waals surface area contributed by atoms with Gasteiger partial charge in [0.15, 0.2) is 0 Å². The molecule has 0 spiro atoms. The molecule has 2 aromatic carbocycles. The van der Waals surface area contributed by atoms with Gasteiger partial charge in [0.05, 0.1) is 27.8 Å². The summed E-state index contributed by atoms with van der Waals surface area (Å²) < 4.78 is 33.2. The number of rotatable bonds is 6. The van der Waals surface area contributed by atoms with Gasteiger partial charge in [-0.15, -0.1) is 11.3 Å². The van der Waals surface area contributed by atoms with Gasteiger partial charge in [0, 0.05) is 35.1 Å². The largest absolute Gasteiger partial charge is 0.434 e. The zero-order valence-electron chi connectivity index (χ0n) is 15.6. The smallest absolute Gasteiger partial charge is 0.387 e. The van der Waals surface area contributed by atoms with Crippen molar-refractivity contribution in [3.8, 4) is 5.75 Å². The molecule has 0 bridgehead atoms. The van der Waals surface area contributed by atoms with Crippen LogP contribution in [0.1, 0.15) is 5.56 Å². The maximum atomic E-state index is 12.7. The van der Waals surface area contributed by atoms with Crippen LogP contribution in [0, 0.1) is 0 Å². The van der Waals surface area contributed by atoms with Crippen molar-refractivity contribution in [3.63, 3.8) is 0 Å². The lowest BCUT2D eigenvalue weighted by Crippen LogP contribution is -2.06. The summed E-state index contributed by atoms with van der Waals surface area (Å²) in [5.41, 5.74) is 5.33. The standard InChI is InChI=1S/C22H16F2N4OS/c23-22(24)29-19-4-2-1-3-15(19)12-28-8-7-14-11-25-21(10-18(14)28)27-16-5-6-17-20(9-16)30-13-26-17/h1-11,13,22H,12H2,(H,25,27). The maximum absolute atomic E-state index is 12.7. The third kappa shape index (κ3) is 3.69. The lowest BCUT2D eigenvalue weighted by Gasteiger charge is -2.12. The van der Waals surface area contributed by atoms with Gasteiger partial charge in [-0.05, 0) is 30.3 Å². The van der Waals surface area contributed by atoms with Crippen LogP contribution in [0.4, 0.5) is 20.3 Å². The minimum Gasteiger partial charge on any atom is -0.434 e. The first-order chi connectivity index (χ1) is 14.7. The van der Waals surface area contributed by atoms with E-state index in [1.807, 2.05) is 52.7 Å². The summed E-state index contributed by atoms with van der Waals surface area (Å²) in [5, 5.41) is 4.29. The number of nitrogens with one attached hydrogen (secondary N) is 1. The van der Waals surface area contributed by atoms with Gasteiger partial charge in [-0.1, -0.05) is 18.2 Å². The van der Waals surface area contributed by atoms with Crippen LogP contribution in [0.25, 0.3) is 21.1 Å². The molecular weight excluding hydrogens is 406 g/mol. The van der Waals surface area contributed by atoms with Gasteiger partial charge in [-0.25, -0.2) is 9.97 Å². The fraction of sp³-hybridized carbons (Fsp3) is 0.0909. The molecule has 0 radical (unpaired) electrons. The van der Waals surface area contributed by atoms with Crippen molar-refractivity contribution in [3.05, 3.63) is 78.1 Å². The van der Waals surface area contributed by atoms with Gasteiger partial charge in [-0.2, -0.15) is 8.78 Å². The number of aromatic nitrogens is 3. The summed E-state index contributed by atoms with van der Waals surface area (Å²) in [6.45, 7) is -2.45. The van der Waals surface area contributed by atoms with E-state index in [1.165, 1.54) is 0 Å². The van der Waals surface area contributed by atoms with Crippen LogP contribution in [0.15, 0.2) is 72.5 Å². The van der Waals surface area contributed by atoms with Crippen LogP contribution >= 0.6 is 11.3 Å². The van der Waals surface area contributed by atoms with E-state index in [-0.39, 0.29) is 5.75 Å². The fourth-order valence-electron chi connectivity index (χ4n) is 3.40. The lowest BCUT2D eigenvalue weighted by atomic mass is 10.2. The highest BCUT2D eigenvalue weighted by Crippen LogP contribution is 2.27. The van der Waals surface area contributed by atoms with Crippen molar-refractivity contribution in [2.45, 2.75) is 13.2 Å². The van der Waals surface area contributed by atoms with Crippen LogP contribution < -0.4 is 10.1 Å². The van der Waals surface area contributed by atoms with E-state index < -0.39 is 6.61 Å². The number of pyridine rings is 1. The molecule has 0 aliphatic carbocycles. The Morgan fingerprint density at radius 1 is 1.07 bits per heavy atom. The Hall–Kier alpha value is -3.52. The van der Waals surface area contributed by atoms with Crippen molar-refractivity contribution >= 4 is 44.0 Å². The Morgan fingerprint density at radius 3 is 2.87 bits per heavy atom. The number of hydrogen-bond donors (Lipinski definition) is 1. The van der Waals surface area contributed by atoms with Crippen LogP contribution in [-0.2, 0) is 6.54 Å². The molecule has 0 fully saturated rings. The highest BCUT2D eigenvalue weighted by molar-refractivity contribution is 7.16. The molecule has 0 atom stereocenters. The van der Waals surface area contributed by atoms with E-state index in [0.29, 0.717) is 17.9 Å². The third-order valence-corrected chi connectivity index (χ3v) is 5.58. The second-order valence-corrected chi connectivity index (χ2v) is 7.60. The summed E-state index contributed by atoms with van der Waals surface area (Å²) in [5.74, 6) is 0.878. The van der Waals surface area contributed by atoms with E-state index >= 15 is 0 Å². The van der Waals surface area contributed by atoms with Gasteiger partial charge < -0.3 is 14.6 Å². The minimum absolute atomic E-state index is 0.180. The molecule has 0 aliphatic rings. The van der Waals surface area contributed by atoms with Crippen molar-refractivity contribution in [1.82, 2.24) is 14.5 Å². The van der Waals surface area contributed by atoms with Crippen LogP contribution in [0.5, 0.6) is 5.75 Å². The third-order valence-electron chi connectivity index (χ3n) is 4.79. The summed E-state index contributed by atoms with van der Waals surface area (Å²) in [7, 11) is 0. The van der Waals surface area contributed by atoms with E-state index in [1.54, 1.807) is 35.7 Å². The highest BCUT2D eigenvalue weighted by Gasteiger charge is 2.11. The van der Waals surface area contributed by atoms with Gasteiger partial charge in [0.2, 0.25) is 0 Å². The molecule has 5 nitrogen and oxygen atoms in total. The molecule has 3 heterocycles. The van der Waals surface area contributed by atoms with Crippen molar-refractivity contribution < 1.29 is 13.5 Å². The zero-order chi connectivity index (χ0) is 20.5. The summed E-state index contributed by atoms with van der Waals surface area (Å²) in [6, 6.07) is 16.7. The topological polar surface area (TPSA) is 52.0 Å². The Balaban J connectivity index is 1.45. The zero-order valence-corrected chi connectivity index (χ0v) is 16.4. The molecule has 8 heteroatoms. The Kier molecular flexibility index (Phi) is 4.76. The molecular formula is C22H16F2N4OS. The molecule has 0 unspecified atom stereocenters. The first kappa shape index (κ1) is 18.5. The number of alkyl halides is 2. The minimum atomic E-state index is -2.86. The average Bonchev–Trinajstić information content (AvgIpc) is 3.36. The quantitative estimate of drug-likeness (QED) is 0.362. The maximum Gasteiger partial charge on any atom is 0.387 e. The summed E-state index contributed by atoms with van der Waals surface area (Å²) in [4.78, 5) is 8.78. The number of benzene rings is 2. The van der Waals surface area contributed by atoms with Crippen LogP contribution in [0.3, 0.4) is 0 Å². The predicted molar refractivity (Wildman–Crippen MR) is 115 cm³/mol. The van der Waals surface area contributed by atoms with Crippen molar-refractivity contribution in [2.24, 2.45) is 0 Å². The summed E-state index contributed by atoms with van der Waals surface area (Å²) in [6.07, 6.45) is 3.71. The molecule has 1 N–H and O–H groups in total. The number of anilines is 2. The number of nitrogens with zero attached hydrogens (tertiary/aromatic N) is 3. The first-order valence-electron chi connectivity index (χ1n) is 9.23. The Bertz CT molecular complexity index is 1330. The molecule has 5 aromatic rings. The predicted octanol–water partition coefficient (Wildman–Crippen LogP) is 6.04. The number of fused-ring (bicyclic) bond motifs is 2. The number of para-hydroxylation sites is 1. The van der Waals surface area contributed by atoms with Gasteiger partial charge >= 0.3 is 6.61 Å². The van der Waals surface area contributed by atoms with E-state index in [2.05, 4.69) is 20.0 Å². The second kappa shape index (κ2) is 7.72. The van der Waals surface area contributed by atoms with E-state index in [9.17, 15) is 8.78 Å². The number of hydrogen-bond acceptors (Lipinski definition) is 5. The fourth-order valence-corrected chi connectivity index (χ4v) is 4.12.